The number of hydrogen-bond acceptors (Lipinski definition) is 4. The van der Waals surface area contributed by atoms with Crippen molar-refractivity contribution in [3.05, 3.63) is 17.3 Å². The highest BCUT2D eigenvalue weighted by atomic mass is 32.2. The highest BCUT2D eigenvalue weighted by Crippen LogP contribution is 2.10. The maximum atomic E-state index is 10.8. The Balaban J connectivity index is 2.92. The van der Waals surface area contributed by atoms with Crippen molar-refractivity contribution in [3.8, 4) is 0 Å². The summed E-state index contributed by atoms with van der Waals surface area (Å²) in [7, 11) is -3.04. The molecule has 0 aliphatic rings. The van der Waals surface area contributed by atoms with Crippen LogP contribution in [0.25, 0.3) is 0 Å². The fourth-order valence-corrected chi connectivity index (χ4v) is 1.40. The van der Waals surface area contributed by atoms with Crippen LogP contribution in [0.3, 0.4) is 0 Å². The Kier molecular flexibility index (Phi) is 2.23. The maximum Gasteiger partial charge on any atom is 0.209 e. The fourth-order valence-electron chi connectivity index (χ4n) is 0.825. The van der Waals surface area contributed by atoms with Crippen LogP contribution in [0.2, 0.25) is 0 Å². The van der Waals surface area contributed by atoms with E-state index in [4.69, 9.17) is 4.42 Å². The van der Waals surface area contributed by atoms with Crippen LogP contribution < -0.4 is 0 Å². The first-order chi connectivity index (χ1) is 5.38. The van der Waals surface area contributed by atoms with Gasteiger partial charge in [0.15, 0.2) is 9.84 Å². The van der Waals surface area contributed by atoms with Gasteiger partial charge in [-0.1, -0.05) is 0 Å². The third kappa shape index (κ3) is 2.34. The third-order valence-electron chi connectivity index (χ3n) is 1.46. The van der Waals surface area contributed by atoms with E-state index in [1.807, 2.05) is 0 Å². The summed E-state index contributed by atoms with van der Waals surface area (Å²) in [5.74, 6) is 0.822. The molecule has 68 valence electrons. The van der Waals surface area contributed by atoms with E-state index in [-0.39, 0.29) is 11.6 Å². The maximum absolute atomic E-state index is 10.8. The van der Waals surface area contributed by atoms with E-state index in [1.54, 1.807) is 13.8 Å². The average Bonchev–Trinajstić information content (AvgIpc) is 2.07. The molecular weight excluding hydrogens is 178 g/mol. The summed E-state index contributed by atoms with van der Waals surface area (Å²) >= 11 is 0. The van der Waals surface area contributed by atoms with Crippen molar-refractivity contribution in [2.45, 2.75) is 19.6 Å². The number of hydrogen-bond donors (Lipinski definition) is 0. The standard InChI is InChI=1S/C7H11NO3S/c1-5-6(2)11-7(8-5)4-12(3,9)10/h4H2,1-3H3. The van der Waals surface area contributed by atoms with Crippen molar-refractivity contribution >= 4 is 9.84 Å². The fraction of sp³-hybridized carbons (Fsp3) is 0.571. The lowest BCUT2D eigenvalue weighted by Crippen LogP contribution is -2.00. The highest BCUT2D eigenvalue weighted by molar-refractivity contribution is 7.89. The second kappa shape index (κ2) is 2.90. The minimum Gasteiger partial charge on any atom is -0.445 e. The van der Waals surface area contributed by atoms with Gasteiger partial charge >= 0.3 is 0 Å². The van der Waals surface area contributed by atoms with Gasteiger partial charge in [0.1, 0.15) is 11.5 Å². The minimum atomic E-state index is -3.04. The molecule has 0 amide bonds. The normalized spacial score (nSPS) is 11.9. The molecule has 0 bridgehead atoms. The van der Waals surface area contributed by atoms with Crippen LogP contribution in [0, 0.1) is 13.8 Å². The smallest absolute Gasteiger partial charge is 0.209 e. The first kappa shape index (κ1) is 9.25. The number of aromatic nitrogens is 1. The molecule has 5 heteroatoms. The van der Waals surface area contributed by atoms with E-state index in [1.165, 1.54) is 0 Å². The van der Waals surface area contributed by atoms with E-state index in [9.17, 15) is 8.42 Å². The molecule has 0 aromatic carbocycles. The molecule has 4 nitrogen and oxygen atoms in total. The molecule has 0 aliphatic heterocycles. The summed E-state index contributed by atoms with van der Waals surface area (Å²) in [6, 6.07) is 0. The van der Waals surface area contributed by atoms with Crippen molar-refractivity contribution in [2.24, 2.45) is 0 Å². The number of oxazole rings is 1. The van der Waals surface area contributed by atoms with Crippen molar-refractivity contribution in [1.82, 2.24) is 4.98 Å². The lowest BCUT2D eigenvalue weighted by molar-refractivity contribution is 0.484. The van der Waals surface area contributed by atoms with Gasteiger partial charge in [-0.2, -0.15) is 0 Å². The predicted molar refractivity (Wildman–Crippen MR) is 44.5 cm³/mol. The molecule has 1 aromatic rings. The Hall–Kier alpha value is -0.840. The average molecular weight is 189 g/mol. The lowest BCUT2D eigenvalue weighted by Gasteiger charge is -1.90. The van der Waals surface area contributed by atoms with Gasteiger partial charge in [-0.05, 0) is 13.8 Å². The molecule has 1 heterocycles. The Morgan fingerprint density at radius 3 is 2.33 bits per heavy atom. The molecule has 0 aliphatic carbocycles. The summed E-state index contributed by atoms with van der Waals surface area (Å²) in [5, 5.41) is 0. The van der Waals surface area contributed by atoms with Crippen molar-refractivity contribution in [1.29, 1.82) is 0 Å². The van der Waals surface area contributed by atoms with Crippen molar-refractivity contribution in [2.75, 3.05) is 6.26 Å². The summed E-state index contributed by atoms with van der Waals surface area (Å²) in [6.07, 6.45) is 1.15. The number of aryl methyl sites for hydroxylation is 2. The van der Waals surface area contributed by atoms with Crippen LogP contribution >= 0.6 is 0 Å². The summed E-state index contributed by atoms with van der Waals surface area (Å²) < 4.78 is 26.7. The second-order valence-corrected chi connectivity index (χ2v) is 4.96. The molecule has 0 atom stereocenters. The van der Waals surface area contributed by atoms with Crippen LogP contribution in [0.5, 0.6) is 0 Å². The molecular formula is C7H11NO3S. The van der Waals surface area contributed by atoms with E-state index >= 15 is 0 Å². The first-order valence-electron chi connectivity index (χ1n) is 3.49. The number of rotatable bonds is 2. The van der Waals surface area contributed by atoms with Gasteiger partial charge in [0.2, 0.25) is 5.89 Å². The Labute approximate surface area is 71.5 Å². The molecule has 12 heavy (non-hydrogen) atoms. The molecule has 0 N–H and O–H groups in total. The van der Waals surface area contributed by atoms with Crippen LogP contribution in [0.1, 0.15) is 17.3 Å². The van der Waals surface area contributed by atoms with Gasteiger partial charge in [-0.3, -0.25) is 0 Å². The van der Waals surface area contributed by atoms with Gasteiger partial charge in [0, 0.05) is 6.26 Å². The largest absolute Gasteiger partial charge is 0.445 e. The zero-order chi connectivity index (χ0) is 9.35. The lowest BCUT2D eigenvalue weighted by atomic mass is 10.4. The number of sulfone groups is 1. The van der Waals surface area contributed by atoms with E-state index in [0.717, 1.165) is 11.9 Å². The van der Waals surface area contributed by atoms with Crippen LogP contribution in [0.15, 0.2) is 4.42 Å². The molecule has 0 unspecified atom stereocenters. The van der Waals surface area contributed by atoms with Crippen LogP contribution in [-0.4, -0.2) is 19.7 Å². The number of nitrogens with zero attached hydrogens (tertiary/aromatic N) is 1. The molecule has 0 saturated carbocycles. The van der Waals surface area contributed by atoms with Gasteiger partial charge in [0.05, 0.1) is 5.69 Å². The molecule has 1 aromatic heterocycles. The zero-order valence-corrected chi connectivity index (χ0v) is 8.10. The Bertz CT molecular complexity index is 358. The van der Waals surface area contributed by atoms with Crippen LogP contribution in [0.4, 0.5) is 0 Å². The predicted octanol–water partition coefficient (Wildman–Crippen LogP) is 0.836. The minimum absolute atomic E-state index is 0.123. The summed E-state index contributed by atoms with van der Waals surface area (Å²) in [4.78, 5) is 3.95. The topological polar surface area (TPSA) is 60.2 Å². The highest BCUT2D eigenvalue weighted by Gasteiger charge is 2.11. The van der Waals surface area contributed by atoms with Crippen molar-refractivity contribution in [3.63, 3.8) is 0 Å². The van der Waals surface area contributed by atoms with Gasteiger partial charge < -0.3 is 4.42 Å². The summed E-state index contributed by atoms with van der Waals surface area (Å²) in [5.41, 5.74) is 0.744. The SMILES string of the molecule is Cc1nc(CS(C)(=O)=O)oc1C. The molecule has 0 fully saturated rings. The van der Waals surface area contributed by atoms with Crippen molar-refractivity contribution < 1.29 is 12.8 Å². The van der Waals surface area contributed by atoms with Gasteiger partial charge in [-0.25, -0.2) is 13.4 Å². The molecule has 0 saturated heterocycles. The van der Waals surface area contributed by atoms with E-state index in [2.05, 4.69) is 4.98 Å². The second-order valence-electron chi connectivity index (χ2n) is 2.82. The van der Waals surface area contributed by atoms with Gasteiger partial charge in [-0.15, -0.1) is 0 Å². The monoisotopic (exact) mass is 189 g/mol. The quantitative estimate of drug-likeness (QED) is 0.691. The molecule has 1 rings (SSSR count). The molecule has 0 radical (unpaired) electrons. The Morgan fingerprint density at radius 1 is 1.42 bits per heavy atom. The third-order valence-corrected chi connectivity index (χ3v) is 2.23. The van der Waals surface area contributed by atoms with Crippen LogP contribution in [-0.2, 0) is 15.6 Å². The molecule has 0 spiro atoms. The first-order valence-corrected chi connectivity index (χ1v) is 5.55. The van der Waals surface area contributed by atoms with Gasteiger partial charge in [0.25, 0.3) is 0 Å². The van der Waals surface area contributed by atoms with E-state index < -0.39 is 9.84 Å². The summed E-state index contributed by atoms with van der Waals surface area (Å²) in [6.45, 7) is 3.54. The van der Waals surface area contributed by atoms with E-state index in [0.29, 0.717) is 5.76 Å². The zero-order valence-electron chi connectivity index (χ0n) is 7.29. The Morgan fingerprint density at radius 2 is 2.00 bits per heavy atom.